The number of hydrogen-bond acceptors (Lipinski definition) is 6. The molecule has 2 heterocycles. The second-order valence-corrected chi connectivity index (χ2v) is 5.02. The van der Waals surface area contributed by atoms with E-state index in [1.165, 1.54) is 30.6 Å². The van der Waals surface area contributed by atoms with E-state index in [9.17, 15) is 8.42 Å². The van der Waals surface area contributed by atoms with Gasteiger partial charge in [-0.05, 0) is 18.2 Å². The monoisotopic (exact) mass is 265 g/mol. The van der Waals surface area contributed by atoms with Crippen LogP contribution >= 0.6 is 0 Å². The van der Waals surface area contributed by atoms with Crippen molar-refractivity contribution in [3.8, 4) is 0 Å². The first-order valence-corrected chi connectivity index (χ1v) is 6.54. The fourth-order valence-corrected chi connectivity index (χ4v) is 2.28. The van der Waals surface area contributed by atoms with Crippen molar-refractivity contribution >= 4 is 21.7 Å². The van der Waals surface area contributed by atoms with Crippen LogP contribution in [0.5, 0.6) is 0 Å². The standard InChI is InChI=1S/C10H11N5O2S/c1-11-10-7-8(4-6-12-10)18(16,17)15-9-3-2-5-13-14-9/h2-7H,1H3,(H,11,12)(H,14,15). The van der Waals surface area contributed by atoms with Crippen LogP contribution in [0.25, 0.3) is 0 Å². The molecular formula is C10H11N5O2S. The highest BCUT2D eigenvalue weighted by atomic mass is 32.2. The van der Waals surface area contributed by atoms with Gasteiger partial charge in [0.05, 0.1) is 4.90 Å². The van der Waals surface area contributed by atoms with Crippen LogP contribution in [0.4, 0.5) is 11.6 Å². The molecule has 0 aliphatic heterocycles. The Balaban J connectivity index is 2.31. The quantitative estimate of drug-likeness (QED) is 0.845. The van der Waals surface area contributed by atoms with E-state index in [1.54, 1.807) is 13.1 Å². The van der Waals surface area contributed by atoms with Gasteiger partial charge in [0.15, 0.2) is 5.82 Å². The van der Waals surface area contributed by atoms with Crippen LogP contribution in [-0.2, 0) is 10.0 Å². The summed E-state index contributed by atoms with van der Waals surface area (Å²) in [6, 6.07) is 5.94. The first-order valence-electron chi connectivity index (χ1n) is 5.06. The summed E-state index contributed by atoms with van der Waals surface area (Å²) in [6.07, 6.45) is 2.88. The molecule has 2 N–H and O–H groups in total. The lowest BCUT2D eigenvalue weighted by molar-refractivity contribution is 0.601. The van der Waals surface area contributed by atoms with E-state index in [0.29, 0.717) is 5.82 Å². The van der Waals surface area contributed by atoms with E-state index in [1.807, 2.05) is 0 Å². The topological polar surface area (TPSA) is 96.9 Å². The number of nitrogens with zero attached hydrogens (tertiary/aromatic N) is 3. The highest BCUT2D eigenvalue weighted by molar-refractivity contribution is 7.92. The number of hydrogen-bond donors (Lipinski definition) is 2. The Morgan fingerprint density at radius 3 is 2.67 bits per heavy atom. The first-order chi connectivity index (χ1) is 8.62. The summed E-state index contributed by atoms with van der Waals surface area (Å²) < 4.78 is 26.4. The van der Waals surface area contributed by atoms with Crippen molar-refractivity contribution in [2.45, 2.75) is 4.90 Å². The molecule has 18 heavy (non-hydrogen) atoms. The van der Waals surface area contributed by atoms with Crippen molar-refractivity contribution in [1.82, 2.24) is 15.2 Å². The number of pyridine rings is 1. The number of sulfonamides is 1. The molecule has 0 atom stereocenters. The third kappa shape index (κ3) is 2.72. The van der Waals surface area contributed by atoms with Crippen LogP contribution in [0.2, 0.25) is 0 Å². The van der Waals surface area contributed by atoms with Gasteiger partial charge in [-0.15, -0.1) is 5.10 Å². The summed E-state index contributed by atoms with van der Waals surface area (Å²) in [5, 5.41) is 10.0. The maximum absolute atomic E-state index is 12.0. The molecular weight excluding hydrogens is 254 g/mol. The van der Waals surface area contributed by atoms with Crippen molar-refractivity contribution in [2.24, 2.45) is 0 Å². The third-order valence-electron chi connectivity index (χ3n) is 2.11. The molecule has 0 saturated carbocycles. The Morgan fingerprint density at radius 2 is 2.00 bits per heavy atom. The average molecular weight is 265 g/mol. The van der Waals surface area contributed by atoms with Crippen molar-refractivity contribution < 1.29 is 8.42 Å². The average Bonchev–Trinajstić information content (AvgIpc) is 2.39. The second kappa shape index (κ2) is 4.96. The van der Waals surface area contributed by atoms with Crippen LogP contribution in [-0.4, -0.2) is 30.6 Å². The molecule has 0 aromatic carbocycles. The summed E-state index contributed by atoms with van der Waals surface area (Å²) in [7, 11) is -2.02. The lowest BCUT2D eigenvalue weighted by Gasteiger charge is -2.07. The minimum absolute atomic E-state index is 0.104. The van der Waals surface area contributed by atoms with E-state index in [4.69, 9.17) is 0 Å². The van der Waals surface area contributed by atoms with Crippen LogP contribution in [0.1, 0.15) is 0 Å². The minimum Gasteiger partial charge on any atom is -0.373 e. The van der Waals surface area contributed by atoms with Crippen molar-refractivity contribution in [2.75, 3.05) is 17.1 Å². The van der Waals surface area contributed by atoms with Gasteiger partial charge in [0.2, 0.25) is 0 Å². The Morgan fingerprint density at radius 1 is 1.17 bits per heavy atom. The largest absolute Gasteiger partial charge is 0.373 e. The molecule has 0 saturated heterocycles. The summed E-state index contributed by atoms with van der Waals surface area (Å²) >= 11 is 0. The normalized spacial score (nSPS) is 10.9. The molecule has 2 aromatic rings. The lowest BCUT2D eigenvalue weighted by Crippen LogP contribution is -2.14. The van der Waals surface area contributed by atoms with E-state index < -0.39 is 10.0 Å². The number of anilines is 2. The number of nitrogens with one attached hydrogen (secondary N) is 2. The van der Waals surface area contributed by atoms with E-state index in [2.05, 4.69) is 25.2 Å². The molecule has 0 spiro atoms. The zero-order chi connectivity index (χ0) is 13.0. The maximum atomic E-state index is 12.0. The van der Waals surface area contributed by atoms with E-state index >= 15 is 0 Å². The highest BCUT2D eigenvalue weighted by Gasteiger charge is 2.15. The molecule has 94 valence electrons. The zero-order valence-corrected chi connectivity index (χ0v) is 10.3. The van der Waals surface area contributed by atoms with Gasteiger partial charge in [-0.1, -0.05) is 0 Å². The number of rotatable bonds is 4. The van der Waals surface area contributed by atoms with Crippen molar-refractivity contribution in [3.63, 3.8) is 0 Å². The van der Waals surface area contributed by atoms with Crippen LogP contribution in [0.3, 0.4) is 0 Å². The summed E-state index contributed by atoms with van der Waals surface area (Å²) in [5.74, 6) is 0.636. The Hall–Kier alpha value is -2.22. The molecule has 0 fully saturated rings. The van der Waals surface area contributed by atoms with Gasteiger partial charge in [-0.2, -0.15) is 5.10 Å². The smallest absolute Gasteiger partial charge is 0.263 e. The predicted molar refractivity (Wildman–Crippen MR) is 66.6 cm³/mol. The van der Waals surface area contributed by atoms with Crippen LogP contribution in [0.15, 0.2) is 41.6 Å². The fraction of sp³-hybridized carbons (Fsp3) is 0.100. The molecule has 2 aromatic heterocycles. The molecule has 0 aliphatic rings. The third-order valence-corrected chi connectivity index (χ3v) is 3.46. The van der Waals surface area contributed by atoms with Gasteiger partial charge in [-0.25, -0.2) is 13.4 Å². The molecule has 0 aliphatic carbocycles. The summed E-state index contributed by atoms with van der Waals surface area (Å²) in [5.41, 5.74) is 0. The minimum atomic E-state index is -3.68. The summed E-state index contributed by atoms with van der Waals surface area (Å²) in [4.78, 5) is 4.05. The molecule has 0 radical (unpaired) electrons. The van der Waals surface area contributed by atoms with Crippen molar-refractivity contribution in [1.29, 1.82) is 0 Å². The Kier molecular flexibility index (Phi) is 3.38. The molecule has 0 amide bonds. The number of aromatic nitrogens is 3. The van der Waals surface area contributed by atoms with Gasteiger partial charge in [-0.3, -0.25) is 4.72 Å². The van der Waals surface area contributed by atoms with E-state index in [0.717, 1.165) is 0 Å². The lowest BCUT2D eigenvalue weighted by atomic mass is 10.5. The van der Waals surface area contributed by atoms with Crippen LogP contribution in [0, 0.1) is 0 Å². The van der Waals surface area contributed by atoms with Crippen molar-refractivity contribution in [3.05, 3.63) is 36.7 Å². The molecule has 0 bridgehead atoms. The predicted octanol–water partition coefficient (Wildman–Crippen LogP) is 0.714. The molecule has 2 rings (SSSR count). The maximum Gasteiger partial charge on any atom is 0.263 e. The highest BCUT2D eigenvalue weighted by Crippen LogP contribution is 2.15. The summed E-state index contributed by atoms with van der Waals surface area (Å²) in [6.45, 7) is 0. The molecule has 0 unspecified atom stereocenters. The fourth-order valence-electron chi connectivity index (χ4n) is 1.27. The van der Waals surface area contributed by atoms with Gasteiger partial charge < -0.3 is 5.32 Å². The van der Waals surface area contributed by atoms with Gasteiger partial charge in [0.1, 0.15) is 5.82 Å². The Bertz CT molecular complexity index is 630. The first kappa shape index (κ1) is 12.2. The van der Waals surface area contributed by atoms with Gasteiger partial charge in [0.25, 0.3) is 10.0 Å². The Labute approximate surface area is 104 Å². The second-order valence-electron chi connectivity index (χ2n) is 3.34. The molecule has 8 heteroatoms. The van der Waals surface area contributed by atoms with Crippen LogP contribution < -0.4 is 10.0 Å². The zero-order valence-electron chi connectivity index (χ0n) is 9.53. The SMILES string of the molecule is CNc1cc(S(=O)(=O)Nc2cccnn2)ccn1. The van der Waals surface area contributed by atoms with Gasteiger partial charge >= 0.3 is 0 Å². The molecule has 7 nitrogen and oxygen atoms in total. The van der Waals surface area contributed by atoms with E-state index in [-0.39, 0.29) is 10.7 Å². The van der Waals surface area contributed by atoms with Gasteiger partial charge in [0, 0.05) is 25.5 Å².